The SMILES string of the molecule is C=C(Cl)CNC1CCCc2c1cnn2C. The number of hydrogen-bond acceptors (Lipinski definition) is 2. The molecule has 0 saturated carbocycles. The van der Waals surface area contributed by atoms with E-state index in [0.717, 1.165) is 12.8 Å². The first-order chi connectivity index (χ1) is 7.18. The summed E-state index contributed by atoms with van der Waals surface area (Å²) in [5.41, 5.74) is 2.67. The second-order valence-corrected chi connectivity index (χ2v) is 4.55. The van der Waals surface area contributed by atoms with Crippen LogP contribution < -0.4 is 5.32 Å². The molecule has 1 N–H and O–H groups in total. The summed E-state index contributed by atoms with van der Waals surface area (Å²) in [7, 11) is 2.00. The molecular formula is C11H16ClN3. The van der Waals surface area contributed by atoms with Crippen molar-refractivity contribution in [3.05, 3.63) is 29.1 Å². The number of nitrogens with zero attached hydrogens (tertiary/aromatic N) is 2. The number of hydrogen-bond donors (Lipinski definition) is 1. The molecule has 15 heavy (non-hydrogen) atoms. The van der Waals surface area contributed by atoms with E-state index in [1.54, 1.807) is 0 Å². The van der Waals surface area contributed by atoms with E-state index in [-0.39, 0.29) is 0 Å². The molecule has 1 aromatic rings. The molecule has 1 aliphatic carbocycles. The maximum absolute atomic E-state index is 5.75. The normalized spacial score (nSPS) is 20.0. The first-order valence-electron chi connectivity index (χ1n) is 5.26. The average molecular weight is 226 g/mol. The molecule has 82 valence electrons. The van der Waals surface area contributed by atoms with Gasteiger partial charge < -0.3 is 5.32 Å². The smallest absolute Gasteiger partial charge is 0.0540 e. The van der Waals surface area contributed by atoms with Crippen molar-refractivity contribution >= 4 is 11.6 Å². The lowest BCUT2D eigenvalue weighted by atomic mass is 9.93. The van der Waals surface area contributed by atoms with Crippen LogP contribution in [0.2, 0.25) is 0 Å². The van der Waals surface area contributed by atoms with Crippen molar-refractivity contribution < 1.29 is 0 Å². The van der Waals surface area contributed by atoms with E-state index >= 15 is 0 Å². The molecule has 2 rings (SSSR count). The van der Waals surface area contributed by atoms with Gasteiger partial charge in [0.25, 0.3) is 0 Å². The average Bonchev–Trinajstić information content (AvgIpc) is 2.58. The molecular weight excluding hydrogens is 210 g/mol. The van der Waals surface area contributed by atoms with E-state index in [2.05, 4.69) is 17.0 Å². The summed E-state index contributed by atoms with van der Waals surface area (Å²) in [6.07, 6.45) is 5.46. The first-order valence-corrected chi connectivity index (χ1v) is 5.63. The quantitative estimate of drug-likeness (QED) is 0.854. The minimum absolute atomic E-state index is 0.387. The standard InChI is InChI=1S/C11H16ClN3/c1-8(12)6-13-10-4-3-5-11-9(10)7-14-15(11)2/h7,10,13H,1,3-6H2,2H3. The number of rotatable bonds is 3. The summed E-state index contributed by atoms with van der Waals surface area (Å²) >= 11 is 5.75. The second-order valence-electron chi connectivity index (χ2n) is 4.01. The van der Waals surface area contributed by atoms with Gasteiger partial charge >= 0.3 is 0 Å². The highest BCUT2D eigenvalue weighted by Gasteiger charge is 2.22. The molecule has 1 aromatic heterocycles. The molecule has 3 nitrogen and oxygen atoms in total. The molecule has 0 radical (unpaired) electrons. The topological polar surface area (TPSA) is 29.9 Å². The van der Waals surface area contributed by atoms with E-state index < -0.39 is 0 Å². The summed E-state index contributed by atoms with van der Waals surface area (Å²) in [5.74, 6) is 0. The van der Waals surface area contributed by atoms with Gasteiger partial charge in [-0.15, -0.1) is 0 Å². The monoisotopic (exact) mass is 225 g/mol. The van der Waals surface area contributed by atoms with Gasteiger partial charge in [-0.3, -0.25) is 4.68 Å². The lowest BCUT2D eigenvalue weighted by Crippen LogP contribution is -2.26. The van der Waals surface area contributed by atoms with Gasteiger partial charge in [0.2, 0.25) is 0 Å². The van der Waals surface area contributed by atoms with Crippen molar-refractivity contribution in [2.45, 2.75) is 25.3 Å². The van der Waals surface area contributed by atoms with Crippen LogP contribution in [0.15, 0.2) is 17.8 Å². The van der Waals surface area contributed by atoms with Gasteiger partial charge in [0.05, 0.1) is 6.20 Å². The van der Waals surface area contributed by atoms with Crippen LogP contribution in [0.1, 0.15) is 30.1 Å². The van der Waals surface area contributed by atoms with E-state index in [1.807, 2.05) is 17.9 Å². The fourth-order valence-corrected chi connectivity index (χ4v) is 2.23. The largest absolute Gasteiger partial charge is 0.305 e. The van der Waals surface area contributed by atoms with Gasteiger partial charge in [-0.25, -0.2) is 0 Å². The Morgan fingerprint density at radius 1 is 1.80 bits per heavy atom. The second kappa shape index (κ2) is 4.37. The summed E-state index contributed by atoms with van der Waals surface area (Å²) in [6, 6.07) is 0.387. The van der Waals surface area contributed by atoms with Crippen LogP contribution in [0, 0.1) is 0 Å². The molecule has 1 aliphatic rings. The minimum atomic E-state index is 0.387. The Labute approximate surface area is 95.1 Å². The Balaban J connectivity index is 2.12. The zero-order valence-corrected chi connectivity index (χ0v) is 9.72. The van der Waals surface area contributed by atoms with E-state index in [9.17, 15) is 0 Å². The van der Waals surface area contributed by atoms with Gasteiger partial charge in [0.15, 0.2) is 0 Å². The minimum Gasteiger partial charge on any atom is -0.305 e. The van der Waals surface area contributed by atoms with Crippen molar-refractivity contribution in [2.24, 2.45) is 7.05 Å². The number of aromatic nitrogens is 2. The molecule has 1 atom stereocenters. The van der Waals surface area contributed by atoms with Crippen LogP contribution in [0.3, 0.4) is 0 Å². The van der Waals surface area contributed by atoms with Crippen LogP contribution in [0.5, 0.6) is 0 Å². The van der Waals surface area contributed by atoms with Crippen LogP contribution in [0.4, 0.5) is 0 Å². The Hall–Kier alpha value is -0.800. The van der Waals surface area contributed by atoms with E-state index in [0.29, 0.717) is 17.6 Å². The van der Waals surface area contributed by atoms with E-state index in [4.69, 9.17) is 11.6 Å². The third-order valence-electron chi connectivity index (χ3n) is 2.92. The third kappa shape index (κ3) is 2.24. The molecule has 0 saturated heterocycles. The maximum atomic E-state index is 5.75. The Bertz CT molecular complexity index is 370. The zero-order chi connectivity index (χ0) is 10.8. The number of aryl methyl sites for hydroxylation is 1. The van der Waals surface area contributed by atoms with Crippen molar-refractivity contribution in [3.63, 3.8) is 0 Å². The Kier molecular flexibility index (Phi) is 3.12. The number of halogens is 1. The summed E-state index contributed by atoms with van der Waals surface area (Å²) in [6.45, 7) is 4.35. The van der Waals surface area contributed by atoms with Crippen LogP contribution in [-0.2, 0) is 13.5 Å². The highest BCUT2D eigenvalue weighted by Crippen LogP contribution is 2.29. The van der Waals surface area contributed by atoms with Crippen LogP contribution >= 0.6 is 11.6 Å². The third-order valence-corrected chi connectivity index (χ3v) is 3.05. The highest BCUT2D eigenvalue weighted by atomic mass is 35.5. The van der Waals surface area contributed by atoms with Crippen molar-refractivity contribution in [3.8, 4) is 0 Å². The maximum Gasteiger partial charge on any atom is 0.0540 e. The molecule has 0 aromatic carbocycles. The summed E-state index contributed by atoms with van der Waals surface area (Å²) in [5, 5.41) is 8.36. The van der Waals surface area contributed by atoms with Gasteiger partial charge in [-0.05, 0) is 19.3 Å². The van der Waals surface area contributed by atoms with Crippen molar-refractivity contribution in [2.75, 3.05) is 6.54 Å². The fourth-order valence-electron chi connectivity index (χ4n) is 2.15. The zero-order valence-electron chi connectivity index (χ0n) is 8.96. The predicted octanol–water partition coefficient (Wildman–Crippen LogP) is 2.14. The fraction of sp³-hybridized carbons (Fsp3) is 0.545. The summed E-state index contributed by atoms with van der Waals surface area (Å²) in [4.78, 5) is 0. The Morgan fingerprint density at radius 2 is 2.60 bits per heavy atom. The number of fused-ring (bicyclic) bond motifs is 1. The number of nitrogens with one attached hydrogen (secondary N) is 1. The molecule has 0 aliphatic heterocycles. The predicted molar refractivity (Wildman–Crippen MR) is 61.9 cm³/mol. The highest BCUT2D eigenvalue weighted by molar-refractivity contribution is 6.29. The van der Waals surface area contributed by atoms with Crippen molar-refractivity contribution in [1.82, 2.24) is 15.1 Å². The molecule has 0 bridgehead atoms. The Morgan fingerprint density at radius 3 is 3.33 bits per heavy atom. The first kappa shape index (κ1) is 10.7. The molecule has 0 fully saturated rings. The van der Waals surface area contributed by atoms with Crippen LogP contribution in [-0.4, -0.2) is 16.3 Å². The van der Waals surface area contributed by atoms with Gasteiger partial charge in [0, 0.05) is 35.9 Å². The summed E-state index contributed by atoms with van der Waals surface area (Å²) < 4.78 is 1.97. The molecule has 0 amide bonds. The lowest BCUT2D eigenvalue weighted by molar-refractivity contribution is 0.470. The van der Waals surface area contributed by atoms with Crippen molar-refractivity contribution in [1.29, 1.82) is 0 Å². The molecule has 4 heteroatoms. The van der Waals surface area contributed by atoms with E-state index in [1.165, 1.54) is 17.7 Å². The molecule has 0 spiro atoms. The van der Waals surface area contributed by atoms with Crippen LogP contribution in [0.25, 0.3) is 0 Å². The molecule has 1 heterocycles. The lowest BCUT2D eigenvalue weighted by Gasteiger charge is -2.23. The van der Waals surface area contributed by atoms with Gasteiger partial charge in [0.1, 0.15) is 0 Å². The van der Waals surface area contributed by atoms with Gasteiger partial charge in [-0.2, -0.15) is 5.10 Å². The molecule has 1 unspecified atom stereocenters. The van der Waals surface area contributed by atoms with Gasteiger partial charge in [-0.1, -0.05) is 18.2 Å².